The van der Waals surface area contributed by atoms with Crippen LogP contribution in [-0.2, 0) is 5.41 Å². The third-order valence-electron chi connectivity index (χ3n) is 11.0. The predicted molar refractivity (Wildman–Crippen MR) is 195 cm³/mol. The molecule has 6 aromatic rings. The van der Waals surface area contributed by atoms with E-state index in [1.165, 1.54) is 44.1 Å². The van der Waals surface area contributed by atoms with E-state index < -0.39 is 0 Å². The SMILES string of the molecule is CC[C@H]1C[C@H]2C[C@@H](C)CC(c3ccc(-c4ccc(-c5nc(-c6ccccc6)nc(-c6ccccc6)n5)c5cccc(C#N)c45)cc3)(C2)C1. The fraction of sp³-hybridized carbons (Fsp3) is 0.273. The van der Waals surface area contributed by atoms with Gasteiger partial charge in [-0.15, -0.1) is 0 Å². The van der Waals surface area contributed by atoms with Gasteiger partial charge in [-0.2, -0.15) is 5.26 Å². The second kappa shape index (κ2) is 12.5. The zero-order valence-electron chi connectivity index (χ0n) is 27.7. The fourth-order valence-electron chi connectivity index (χ4n) is 9.02. The van der Waals surface area contributed by atoms with E-state index in [4.69, 9.17) is 15.0 Å². The first-order valence-electron chi connectivity index (χ1n) is 17.5. The molecule has 2 aliphatic rings. The Labute approximate surface area is 283 Å². The van der Waals surface area contributed by atoms with Gasteiger partial charge in [-0.25, -0.2) is 15.0 Å². The Morgan fingerprint density at radius 2 is 1.29 bits per heavy atom. The van der Waals surface area contributed by atoms with E-state index in [-0.39, 0.29) is 5.41 Å². The molecule has 4 atom stereocenters. The van der Waals surface area contributed by atoms with E-state index in [9.17, 15) is 5.26 Å². The molecule has 1 aromatic heterocycles. The average molecular weight is 625 g/mol. The Morgan fingerprint density at radius 1 is 0.646 bits per heavy atom. The van der Waals surface area contributed by atoms with Crippen LogP contribution in [0.25, 0.3) is 56.1 Å². The summed E-state index contributed by atoms with van der Waals surface area (Å²) in [6.07, 6.45) is 7.98. The second-order valence-corrected chi connectivity index (χ2v) is 14.2. The standard InChI is InChI=1S/C44H40N4/c1-3-30-24-31-23-29(2)25-44(26-30,27-31)36-19-17-32(18-20-36)37-21-22-39(38-16-10-15-35(28-45)40(37)38)43-47-41(33-11-6-4-7-12-33)46-42(48-43)34-13-8-5-9-14-34/h4-22,29-31H,3,23-27H2,1-2H3/t29-,30+,31-,44?/m1/s1. The maximum absolute atomic E-state index is 10.3. The molecular weight excluding hydrogens is 585 g/mol. The van der Waals surface area contributed by atoms with Crippen LogP contribution < -0.4 is 0 Å². The van der Waals surface area contributed by atoms with Crippen molar-refractivity contribution in [3.63, 3.8) is 0 Å². The zero-order valence-corrected chi connectivity index (χ0v) is 27.7. The Kier molecular flexibility index (Phi) is 7.85. The van der Waals surface area contributed by atoms with Crippen molar-refractivity contribution in [3.8, 4) is 51.4 Å². The van der Waals surface area contributed by atoms with Crippen LogP contribution in [0.2, 0.25) is 0 Å². The van der Waals surface area contributed by atoms with Crippen LogP contribution >= 0.6 is 0 Å². The van der Waals surface area contributed by atoms with Crippen LogP contribution in [0.5, 0.6) is 0 Å². The predicted octanol–water partition coefficient (Wildman–Crippen LogP) is 11.1. The molecule has 48 heavy (non-hydrogen) atoms. The van der Waals surface area contributed by atoms with Crippen LogP contribution in [0.1, 0.15) is 63.5 Å². The van der Waals surface area contributed by atoms with Gasteiger partial charge in [0.1, 0.15) is 0 Å². The lowest BCUT2D eigenvalue weighted by atomic mass is 9.54. The van der Waals surface area contributed by atoms with Crippen molar-refractivity contribution in [2.24, 2.45) is 17.8 Å². The maximum atomic E-state index is 10.3. The summed E-state index contributed by atoms with van der Waals surface area (Å²) in [5.74, 6) is 4.28. The molecule has 0 saturated heterocycles. The second-order valence-electron chi connectivity index (χ2n) is 14.2. The number of rotatable bonds is 6. The number of nitrogens with zero attached hydrogens (tertiary/aromatic N) is 4. The number of aromatic nitrogens is 3. The van der Waals surface area contributed by atoms with Gasteiger partial charge in [0.2, 0.25) is 0 Å². The zero-order chi connectivity index (χ0) is 32.7. The number of benzene rings is 5. The van der Waals surface area contributed by atoms with Gasteiger partial charge in [-0.05, 0) is 89.5 Å². The van der Waals surface area contributed by atoms with Crippen LogP contribution in [0.15, 0.2) is 115 Å². The summed E-state index contributed by atoms with van der Waals surface area (Å²) in [6.45, 7) is 4.83. The Morgan fingerprint density at radius 3 is 1.94 bits per heavy atom. The van der Waals surface area contributed by atoms with Gasteiger partial charge < -0.3 is 0 Å². The van der Waals surface area contributed by atoms with E-state index in [2.05, 4.69) is 62.4 Å². The molecule has 0 radical (unpaired) electrons. The summed E-state index contributed by atoms with van der Waals surface area (Å²) in [7, 11) is 0. The van der Waals surface area contributed by atoms with Gasteiger partial charge >= 0.3 is 0 Å². The minimum Gasteiger partial charge on any atom is -0.208 e. The minimum atomic E-state index is 0.287. The Balaban J connectivity index is 1.25. The number of hydrogen-bond donors (Lipinski definition) is 0. The smallest absolute Gasteiger partial charge is 0.164 e. The molecule has 2 aliphatic carbocycles. The topological polar surface area (TPSA) is 62.5 Å². The fourth-order valence-corrected chi connectivity index (χ4v) is 9.02. The molecule has 0 aliphatic heterocycles. The number of nitriles is 1. The molecule has 4 heteroatoms. The van der Waals surface area contributed by atoms with Gasteiger partial charge in [-0.3, -0.25) is 0 Å². The van der Waals surface area contributed by atoms with Gasteiger partial charge in [0.15, 0.2) is 17.5 Å². The van der Waals surface area contributed by atoms with Crippen LogP contribution in [0.4, 0.5) is 0 Å². The molecule has 0 amide bonds. The van der Waals surface area contributed by atoms with Crippen LogP contribution in [0.3, 0.4) is 0 Å². The van der Waals surface area contributed by atoms with Crippen LogP contribution in [-0.4, -0.2) is 15.0 Å². The van der Waals surface area contributed by atoms with Crippen molar-refractivity contribution in [1.82, 2.24) is 15.0 Å². The van der Waals surface area contributed by atoms with Crippen LogP contribution in [0, 0.1) is 29.1 Å². The first-order valence-corrected chi connectivity index (χ1v) is 17.5. The van der Waals surface area contributed by atoms with Gasteiger partial charge in [0.25, 0.3) is 0 Å². The third-order valence-corrected chi connectivity index (χ3v) is 11.0. The van der Waals surface area contributed by atoms with Crippen molar-refractivity contribution in [1.29, 1.82) is 5.26 Å². The molecule has 5 aromatic carbocycles. The largest absolute Gasteiger partial charge is 0.208 e. The van der Waals surface area contributed by atoms with Crippen molar-refractivity contribution in [2.75, 3.05) is 0 Å². The third kappa shape index (κ3) is 5.48. The highest BCUT2D eigenvalue weighted by atomic mass is 15.0. The van der Waals surface area contributed by atoms with E-state index >= 15 is 0 Å². The molecule has 2 saturated carbocycles. The molecule has 236 valence electrons. The maximum Gasteiger partial charge on any atom is 0.164 e. The summed E-state index contributed by atoms with van der Waals surface area (Å²) in [4.78, 5) is 14.9. The summed E-state index contributed by atoms with van der Waals surface area (Å²) in [5, 5.41) is 12.2. The number of hydrogen-bond acceptors (Lipinski definition) is 4. The number of fused-ring (bicyclic) bond motifs is 3. The Bertz CT molecular complexity index is 2070. The van der Waals surface area contributed by atoms with Crippen molar-refractivity contribution in [2.45, 2.75) is 57.8 Å². The highest BCUT2D eigenvalue weighted by Crippen LogP contribution is 2.55. The first-order chi connectivity index (χ1) is 23.5. The van der Waals surface area contributed by atoms with E-state index in [0.717, 1.165) is 56.3 Å². The molecule has 2 bridgehead atoms. The highest BCUT2D eigenvalue weighted by molar-refractivity contribution is 6.07. The molecular formula is C44H40N4. The lowest BCUT2D eigenvalue weighted by molar-refractivity contribution is 0.0702. The highest BCUT2D eigenvalue weighted by Gasteiger charge is 2.45. The minimum absolute atomic E-state index is 0.287. The first kappa shape index (κ1) is 30.2. The molecule has 4 nitrogen and oxygen atoms in total. The summed E-state index contributed by atoms with van der Waals surface area (Å²) in [5.41, 5.74) is 7.35. The van der Waals surface area contributed by atoms with Crippen molar-refractivity contribution >= 4 is 10.8 Å². The molecule has 0 spiro atoms. The van der Waals surface area contributed by atoms with E-state index in [1.54, 1.807) is 0 Å². The van der Waals surface area contributed by atoms with Gasteiger partial charge in [0, 0.05) is 22.1 Å². The lowest BCUT2D eigenvalue weighted by Gasteiger charge is -2.51. The van der Waals surface area contributed by atoms with Crippen molar-refractivity contribution in [3.05, 3.63) is 126 Å². The molecule has 0 N–H and O–H groups in total. The average Bonchev–Trinajstić information content (AvgIpc) is 3.14. The normalized spacial score (nSPS) is 21.9. The van der Waals surface area contributed by atoms with E-state index in [0.29, 0.717) is 23.0 Å². The monoisotopic (exact) mass is 624 g/mol. The van der Waals surface area contributed by atoms with E-state index in [1.807, 2.05) is 72.8 Å². The molecule has 8 rings (SSSR count). The summed E-state index contributed by atoms with van der Waals surface area (Å²) < 4.78 is 0. The molecule has 1 heterocycles. The molecule has 2 fully saturated rings. The van der Waals surface area contributed by atoms with Gasteiger partial charge in [-0.1, -0.05) is 123 Å². The van der Waals surface area contributed by atoms with Crippen molar-refractivity contribution < 1.29 is 0 Å². The summed E-state index contributed by atoms with van der Waals surface area (Å²) in [6, 6.07) is 42.2. The quantitative estimate of drug-likeness (QED) is 0.185. The Hall–Kier alpha value is -5.14. The van der Waals surface area contributed by atoms with Gasteiger partial charge in [0.05, 0.1) is 11.6 Å². The molecule has 1 unspecified atom stereocenters. The lowest BCUT2D eigenvalue weighted by Crippen LogP contribution is -2.42. The summed E-state index contributed by atoms with van der Waals surface area (Å²) >= 11 is 0.